The zero-order chi connectivity index (χ0) is 13.3. The zero-order valence-electron chi connectivity index (χ0n) is 12.2. The van der Waals surface area contributed by atoms with Crippen LogP contribution in [0, 0.1) is 6.92 Å². The maximum atomic E-state index is 4.46. The number of anilines is 1. The number of pyridine rings is 1. The van der Waals surface area contributed by atoms with Crippen molar-refractivity contribution in [2.75, 3.05) is 18.0 Å². The molecule has 1 saturated carbocycles. The molecule has 0 amide bonds. The lowest BCUT2D eigenvalue weighted by atomic mass is 9.79. The third-order valence-corrected chi connectivity index (χ3v) is 4.82. The van der Waals surface area contributed by atoms with Crippen LogP contribution < -0.4 is 10.2 Å². The van der Waals surface area contributed by atoms with E-state index in [1.54, 1.807) is 0 Å². The van der Waals surface area contributed by atoms with E-state index < -0.39 is 0 Å². The van der Waals surface area contributed by atoms with Crippen LogP contribution in [0.5, 0.6) is 0 Å². The largest absolute Gasteiger partial charge is 0.364 e. The van der Waals surface area contributed by atoms with E-state index in [1.807, 2.05) is 13.1 Å². The summed E-state index contributed by atoms with van der Waals surface area (Å²) in [4.78, 5) is 7.01. The normalized spacial score (nSPS) is 26.6. The molecule has 104 valence electrons. The maximum Gasteiger partial charge on any atom is 0.0556 e. The highest BCUT2D eigenvalue weighted by Crippen LogP contribution is 2.33. The molecule has 1 spiro atoms. The number of hydrogen-bond acceptors (Lipinski definition) is 3. The fraction of sp³-hybridized carbons (Fsp3) is 0.688. The van der Waals surface area contributed by atoms with E-state index in [1.165, 1.54) is 37.8 Å². The minimum Gasteiger partial charge on any atom is -0.364 e. The van der Waals surface area contributed by atoms with Gasteiger partial charge >= 0.3 is 0 Å². The molecule has 0 aromatic carbocycles. The van der Waals surface area contributed by atoms with Crippen LogP contribution >= 0.6 is 0 Å². The van der Waals surface area contributed by atoms with E-state index >= 15 is 0 Å². The lowest BCUT2D eigenvalue weighted by Crippen LogP contribution is -2.64. The first-order valence-corrected chi connectivity index (χ1v) is 7.63. The molecule has 3 nitrogen and oxygen atoms in total. The Morgan fingerprint density at radius 3 is 2.74 bits per heavy atom. The first-order valence-electron chi connectivity index (χ1n) is 7.63. The lowest BCUT2D eigenvalue weighted by molar-refractivity contribution is 0.200. The SMILES string of the molecule is Cc1ccc(N2CC3(CCCCC3)NCC2C)cn1. The highest BCUT2D eigenvalue weighted by atomic mass is 15.3. The zero-order valence-corrected chi connectivity index (χ0v) is 12.2. The first-order chi connectivity index (χ1) is 9.19. The standard InChI is InChI=1S/C16H25N3/c1-13-6-7-15(11-17-13)19-12-16(18-10-14(19)2)8-4-3-5-9-16/h6-7,11,14,18H,3-5,8-10,12H2,1-2H3. The van der Waals surface area contributed by atoms with Crippen LogP contribution in [0.4, 0.5) is 5.69 Å². The fourth-order valence-corrected chi connectivity index (χ4v) is 3.55. The van der Waals surface area contributed by atoms with Gasteiger partial charge in [0.15, 0.2) is 0 Å². The minimum absolute atomic E-state index is 0.357. The molecule has 1 saturated heterocycles. The summed E-state index contributed by atoms with van der Waals surface area (Å²) >= 11 is 0. The van der Waals surface area contributed by atoms with Crippen LogP contribution in [0.3, 0.4) is 0 Å². The molecule has 0 radical (unpaired) electrons. The smallest absolute Gasteiger partial charge is 0.0556 e. The van der Waals surface area contributed by atoms with Crippen LogP contribution in [-0.4, -0.2) is 29.7 Å². The van der Waals surface area contributed by atoms with Crippen molar-refractivity contribution in [3.63, 3.8) is 0 Å². The highest BCUT2D eigenvalue weighted by molar-refractivity contribution is 5.47. The van der Waals surface area contributed by atoms with E-state index in [0.29, 0.717) is 11.6 Å². The molecule has 19 heavy (non-hydrogen) atoms. The molecule has 1 unspecified atom stereocenters. The van der Waals surface area contributed by atoms with Gasteiger partial charge in [-0.3, -0.25) is 4.98 Å². The van der Waals surface area contributed by atoms with Crippen LogP contribution in [0.25, 0.3) is 0 Å². The highest BCUT2D eigenvalue weighted by Gasteiger charge is 2.38. The van der Waals surface area contributed by atoms with E-state index in [2.05, 4.69) is 34.3 Å². The molecule has 1 aromatic heterocycles. The summed E-state index contributed by atoms with van der Waals surface area (Å²) in [7, 11) is 0. The van der Waals surface area contributed by atoms with Gasteiger partial charge in [0.05, 0.1) is 11.9 Å². The van der Waals surface area contributed by atoms with Gasteiger partial charge in [0, 0.05) is 30.4 Å². The Hall–Kier alpha value is -1.09. The van der Waals surface area contributed by atoms with Crippen molar-refractivity contribution in [2.45, 2.75) is 57.5 Å². The van der Waals surface area contributed by atoms with Crippen molar-refractivity contribution in [1.29, 1.82) is 0 Å². The Balaban J connectivity index is 1.80. The predicted molar refractivity (Wildman–Crippen MR) is 79.6 cm³/mol. The fourth-order valence-electron chi connectivity index (χ4n) is 3.55. The number of hydrogen-bond donors (Lipinski definition) is 1. The van der Waals surface area contributed by atoms with Crippen LogP contribution in [0.15, 0.2) is 18.3 Å². The number of piperazine rings is 1. The summed E-state index contributed by atoms with van der Waals surface area (Å²) in [6.45, 7) is 6.59. The number of nitrogens with zero attached hydrogens (tertiary/aromatic N) is 2. The summed E-state index contributed by atoms with van der Waals surface area (Å²) in [6, 6.07) is 4.90. The van der Waals surface area contributed by atoms with Gasteiger partial charge in [0.2, 0.25) is 0 Å². The number of nitrogens with one attached hydrogen (secondary N) is 1. The monoisotopic (exact) mass is 259 g/mol. The second-order valence-electron chi connectivity index (χ2n) is 6.36. The molecule has 0 bridgehead atoms. The Labute approximate surface area is 116 Å². The lowest BCUT2D eigenvalue weighted by Gasteiger charge is -2.49. The van der Waals surface area contributed by atoms with E-state index in [4.69, 9.17) is 0 Å². The quantitative estimate of drug-likeness (QED) is 0.840. The third kappa shape index (κ3) is 2.62. The Bertz CT molecular complexity index is 420. The second-order valence-corrected chi connectivity index (χ2v) is 6.36. The molecule has 2 aliphatic rings. The third-order valence-electron chi connectivity index (χ3n) is 4.82. The molecule has 1 atom stereocenters. The maximum absolute atomic E-state index is 4.46. The van der Waals surface area contributed by atoms with E-state index in [-0.39, 0.29) is 0 Å². The molecule has 1 aliphatic heterocycles. The molecule has 1 N–H and O–H groups in total. The minimum atomic E-state index is 0.357. The summed E-state index contributed by atoms with van der Waals surface area (Å²) in [6.07, 6.45) is 8.85. The predicted octanol–water partition coefficient (Wildman–Crippen LogP) is 2.89. The van der Waals surface area contributed by atoms with Crippen molar-refractivity contribution in [3.8, 4) is 0 Å². The van der Waals surface area contributed by atoms with Gasteiger partial charge in [-0.2, -0.15) is 0 Å². The van der Waals surface area contributed by atoms with E-state index in [9.17, 15) is 0 Å². The van der Waals surface area contributed by atoms with Crippen LogP contribution in [0.1, 0.15) is 44.7 Å². The summed E-state index contributed by atoms with van der Waals surface area (Å²) in [5.41, 5.74) is 2.74. The number of aryl methyl sites for hydroxylation is 1. The summed E-state index contributed by atoms with van der Waals surface area (Å²) in [5.74, 6) is 0. The molecule has 2 fully saturated rings. The molecule has 3 heteroatoms. The van der Waals surface area contributed by atoms with E-state index in [0.717, 1.165) is 18.8 Å². The Morgan fingerprint density at radius 1 is 1.26 bits per heavy atom. The molecule has 1 aliphatic carbocycles. The number of aromatic nitrogens is 1. The van der Waals surface area contributed by atoms with Crippen LogP contribution in [0.2, 0.25) is 0 Å². The summed E-state index contributed by atoms with van der Waals surface area (Å²) < 4.78 is 0. The Morgan fingerprint density at radius 2 is 2.05 bits per heavy atom. The summed E-state index contributed by atoms with van der Waals surface area (Å²) in [5, 5.41) is 3.83. The van der Waals surface area contributed by atoms with Gasteiger partial charge in [0.25, 0.3) is 0 Å². The van der Waals surface area contributed by atoms with Crippen LogP contribution in [-0.2, 0) is 0 Å². The van der Waals surface area contributed by atoms with Gasteiger partial charge < -0.3 is 10.2 Å². The van der Waals surface area contributed by atoms with Gasteiger partial charge in [-0.05, 0) is 38.8 Å². The van der Waals surface area contributed by atoms with Gasteiger partial charge in [0.1, 0.15) is 0 Å². The average Bonchev–Trinajstić information content (AvgIpc) is 2.44. The van der Waals surface area contributed by atoms with Crippen molar-refractivity contribution in [3.05, 3.63) is 24.0 Å². The van der Waals surface area contributed by atoms with Gasteiger partial charge in [-0.1, -0.05) is 19.3 Å². The molecular formula is C16H25N3. The van der Waals surface area contributed by atoms with Crippen molar-refractivity contribution >= 4 is 5.69 Å². The van der Waals surface area contributed by atoms with Gasteiger partial charge in [-0.15, -0.1) is 0 Å². The Kier molecular flexibility index (Phi) is 3.48. The molecule has 2 heterocycles. The molecule has 1 aromatic rings. The molecule has 3 rings (SSSR count). The van der Waals surface area contributed by atoms with Crippen molar-refractivity contribution in [2.24, 2.45) is 0 Å². The topological polar surface area (TPSA) is 28.2 Å². The number of rotatable bonds is 1. The van der Waals surface area contributed by atoms with Gasteiger partial charge in [-0.25, -0.2) is 0 Å². The van der Waals surface area contributed by atoms with Crippen molar-refractivity contribution < 1.29 is 0 Å². The molecular weight excluding hydrogens is 234 g/mol. The van der Waals surface area contributed by atoms with Crippen molar-refractivity contribution in [1.82, 2.24) is 10.3 Å². The average molecular weight is 259 g/mol. The second kappa shape index (κ2) is 5.12. The first kappa shape index (κ1) is 12.9.